The van der Waals surface area contributed by atoms with Crippen LogP contribution in [0.3, 0.4) is 0 Å². The molecule has 3 rings (SSSR count). The Hall–Kier alpha value is -2.56. The topological polar surface area (TPSA) is 81.1 Å². The Morgan fingerprint density at radius 2 is 1.90 bits per heavy atom. The predicted molar refractivity (Wildman–Crippen MR) is 112 cm³/mol. The average molecular weight is 492 g/mol. The van der Waals surface area contributed by atoms with Gasteiger partial charge in [0.05, 0.1) is 29.6 Å². The molecule has 12 heteroatoms. The lowest BCUT2D eigenvalue weighted by molar-refractivity contribution is -0.137. The van der Waals surface area contributed by atoms with Crippen molar-refractivity contribution in [2.75, 3.05) is 6.26 Å². The Morgan fingerprint density at radius 1 is 1.19 bits per heavy atom. The number of amides is 1. The zero-order chi connectivity index (χ0) is 23.0. The number of nitrogens with zero attached hydrogens (tertiary/aromatic N) is 2. The van der Waals surface area contributed by atoms with Gasteiger partial charge in [-0.1, -0.05) is 29.3 Å². The predicted octanol–water partition coefficient (Wildman–Crippen LogP) is 4.50. The number of aromatic nitrogens is 2. The summed E-state index contributed by atoms with van der Waals surface area (Å²) in [6.07, 6.45) is -1.60. The molecule has 2 aromatic carbocycles. The first kappa shape index (κ1) is 23.1. The highest BCUT2D eigenvalue weighted by Gasteiger charge is 2.31. The minimum absolute atomic E-state index is 0.0389. The lowest BCUT2D eigenvalue weighted by Gasteiger charge is -2.09. The van der Waals surface area contributed by atoms with Gasteiger partial charge < -0.3 is 0 Å². The third kappa shape index (κ3) is 5.78. The molecule has 0 saturated carbocycles. The van der Waals surface area contributed by atoms with Crippen LogP contribution in [-0.2, 0) is 27.5 Å². The van der Waals surface area contributed by atoms with Gasteiger partial charge in [-0.2, -0.15) is 18.3 Å². The summed E-state index contributed by atoms with van der Waals surface area (Å²) >= 11 is 12.1. The average Bonchev–Trinajstić information content (AvgIpc) is 2.97. The summed E-state index contributed by atoms with van der Waals surface area (Å²) in [7, 11) is -3.76. The van der Waals surface area contributed by atoms with Crippen LogP contribution in [0.15, 0.2) is 42.5 Å². The Morgan fingerprint density at radius 3 is 2.52 bits per heavy atom. The number of rotatable bonds is 5. The summed E-state index contributed by atoms with van der Waals surface area (Å²) in [6, 6.07) is 7.80. The van der Waals surface area contributed by atoms with Gasteiger partial charge in [0.1, 0.15) is 0 Å². The van der Waals surface area contributed by atoms with Gasteiger partial charge in [0, 0.05) is 21.5 Å². The number of fused-ring (bicyclic) bond motifs is 1. The van der Waals surface area contributed by atoms with Crippen LogP contribution in [0.2, 0.25) is 10.0 Å². The van der Waals surface area contributed by atoms with E-state index in [1.807, 2.05) is 0 Å². The fourth-order valence-electron chi connectivity index (χ4n) is 2.80. The van der Waals surface area contributed by atoms with Crippen molar-refractivity contribution in [1.29, 1.82) is 0 Å². The lowest BCUT2D eigenvalue weighted by atomic mass is 10.1. The highest BCUT2D eigenvalue weighted by Crippen LogP contribution is 2.33. The maximum atomic E-state index is 13.2. The van der Waals surface area contributed by atoms with Crippen LogP contribution in [0, 0.1) is 0 Å². The second kappa shape index (κ2) is 8.52. The first-order valence-electron chi connectivity index (χ1n) is 8.55. The van der Waals surface area contributed by atoms with Crippen LogP contribution >= 0.6 is 23.2 Å². The van der Waals surface area contributed by atoms with Crippen LogP contribution in [0.1, 0.15) is 16.8 Å². The Bertz CT molecular complexity index is 1300. The van der Waals surface area contributed by atoms with Gasteiger partial charge in [0.25, 0.3) is 5.91 Å². The molecule has 6 nitrogen and oxygen atoms in total. The monoisotopic (exact) mass is 491 g/mol. The SMILES string of the molecule is CS(=O)(=O)NC(=O)/C=C/c1nn(Cc2ccc(Cl)cc2Cl)c2cc(C(F)(F)F)ccc12. The molecule has 0 spiro atoms. The summed E-state index contributed by atoms with van der Waals surface area (Å²) < 4.78 is 65.0. The van der Waals surface area contributed by atoms with Gasteiger partial charge in [0.15, 0.2) is 0 Å². The van der Waals surface area contributed by atoms with E-state index in [4.69, 9.17) is 23.2 Å². The zero-order valence-corrected chi connectivity index (χ0v) is 18.1. The maximum Gasteiger partial charge on any atom is 0.416 e. The number of halogens is 5. The minimum atomic E-state index is -4.56. The van der Waals surface area contributed by atoms with Crippen molar-refractivity contribution in [3.63, 3.8) is 0 Å². The fourth-order valence-corrected chi connectivity index (χ4v) is 3.70. The molecule has 0 unspecified atom stereocenters. The number of hydrogen-bond donors (Lipinski definition) is 1. The molecule has 0 atom stereocenters. The van der Waals surface area contributed by atoms with E-state index in [-0.39, 0.29) is 17.8 Å². The van der Waals surface area contributed by atoms with Gasteiger partial charge in [-0.3, -0.25) is 9.48 Å². The molecule has 0 fully saturated rings. The Kier molecular flexibility index (Phi) is 6.35. The van der Waals surface area contributed by atoms with Gasteiger partial charge >= 0.3 is 6.18 Å². The van der Waals surface area contributed by atoms with E-state index < -0.39 is 27.7 Å². The van der Waals surface area contributed by atoms with Gasteiger partial charge in [-0.25, -0.2) is 13.1 Å². The molecule has 0 aliphatic carbocycles. The second-order valence-electron chi connectivity index (χ2n) is 6.58. The summed E-state index contributed by atoms with van der Waals surface area (Å²) in [5.41, 5.74) is 0.0356. The van der Waals surface area contributed by atoms with Crippen LogP contribution < -0.4 is 4.72 Å². The molecule has 31 heavy (non-hydrogen) atoms. The number of sulfonamides is 1. The van der Waals surface area contributed by atoms with Crippen LogP contribution in [0.4, 0.5) is 13.2 Å². The van der Waals surface area contributed by atoms with Crippen LogP contribution in [-0.4, -0.2) is 30.4 Å². The van der Waals surface area contributed by atoms with Crippen molar-refractivity contribution in [2.24, 2.45) is 0 Å². The largest absolute Gasteiger partial charge is 0.416 e. The van der Waals surface area contributed by atoms with Crippen molar-refractivity contribution in [3.05, 3.63) is 69.3 Å². The standard InChI is InChI=1S/C19H14Cl2F3N3O3S/c1-31(29,30)26-18(28)7-6-16-14-5-3-12(19(22,23)24)8-17(14)27(25-16)10-11-2-4-13(20)9-15(11)21/h2-9H,10H2,1H3,(H,26,28)/b7-6+. The minimum Gasteiger partial charge on any atom is -0.269 e. The highest BCUT2D eigenvalue weighted by molar-refractivity contribution is 7.89. The van der Waals surface area contributed by atoms with Crippen LogP contribution in [0.25, 0.3) is 17.0 Å². The third-order valence-corrected chi connectivity index (χ3v) is 5.28. The van der Waals surface area contributed by atoms with Crippen molar-refractivity contribution in [2.45, 2.75) is 12.7 Å². The van der Waals surface area contributed by atoms with Crippen molar-refractivity contribution >= 4 is 56.1 Å². The van der Waals surface area contributed by atoms with E-state index in [0.29, 0.717) is 21.0 Å². The molecule has 1 N–H and O–H groups in total. The molecular weight excluding hydrogens is 478 g/mol. The summed E-state index contributed by atoms with van der Waals surface area (Å²) in [4.78, 5) is 11.7. The van der Waals surface area contributed by atoms with Gasteiger partial charge in [-0.05, 0) is 42.0 Å². The smallest absolute Gasteiger partial charge is 0.269 e. The van der Waals surface area contributed by atoms with E-state index >= 15 is 0 Å². The number of carbonyl (C=O) groups excluding carboxylic acids is 1. The molecule has 0 aliphatic heterocycles. The van der Waals surface area contributed by atoms with Crippen molar-refractivity contribution in [3.8, 4) is 0 Å². The van der Waals surface area contributed by atoms with E-state index in [9.17, 15) is 26.4 Å². The molecule has 0 radical (unpaired) electrons. The molecule has 164 valence electrons. The van der Waals surface area contributed by atoms with E-state index in [2.05, 4.69) is 5.10 Å². The molecule has 0 saturated heterocycles. The second-order valence-corrected chi connectivity index (χ2v) is 9.17. The number of carbonyl (C=O) groups is 1. The van der Waals surface area contributed by atoms with E-state index in [1.165, 1.54) is 22.9 Å². The van der Waals surface area contributed by atoms with Gasteiger partial charge in [-0.15, -0.1) is 0 Å². The van der Waals surface area contributed by atoms with E-state index in [1.54, 1.807) is 16.9 Å². The number of benzene rings is 2. The first-order chi connectivity index (χ1) is 14.3. The molecular formula is C19H14Cl2F3N3O3S. The normalized spacial score (nSPS) is 12.6. The zero-order valence-electron chi connectivity index (χ0n) is 15.7. The highest BCUT2D eigenvalue weighted by atomic mass is 35.5. The molecule has 1 amide bonds. The number of alkyl halides is 3. The third-order valence-electron chi connectivity index (χ3n) is 4.12. The van der Waals surface area contributed by atoms with Crippen molar-refractivity contribution < 1.29 is 26.4 Å². The summed E-state index contributed by atoms with van der Waals surface area (Å²) in [6.45, 7) is 0.0389. The number of nitrogens with one attached hydrogen (secondary N) is 1. The first-order valence-corrected chi connectivity index (χ1v) is 11.2. The maximum absolute atomic E-state index is 13.2. The molecule has 1 aromatic heterocycles. The van der Waals surface area contributed by atoms with Crippen molar-refractivity contribution in [1.82, 2.24) is 14.5 Å². The van der Waals surface area contributed by atoms with E-state index in [0.717, 1.165) is 24.5 Å². The molecule has 0 bridgehead atoms. The summed E-state index contributed by atoms with van der Waals surface area (Å²) in [5.74, 6) is -0.919. The fraction of sp³-hybridized carbons (Fsp3) is 0.158. The Balaban J connectivity index is 2.08. The van der Waals surface area contributed by atoms with Gasteiger partial charge in [0.2, 0.25) is 10.0 Å². The molecule has 0 aliphatic rings. The molecule has 3 aromatic rings. The molecule has 1 heterocycles. The van der Waals surface area contributed by atoms with Crippen LogP contribution in [0.5, 0.6) is 0 Å². The lowest BCUT2D eigenvalue weighted by Crippen LogP contribution is -2.27. The quantitative estimate of drug-likeness (QED) is 0.532. The Labute approximate surface area is 185 Å². The summed E-state index contributed by atoms with van der Waals surface area (Å²) in [5, 5.41) is 5.33. The number of hydrogen-bond acceptors (Lipinski definition) is 4.